The standard InChI is InChI=1S/C21H33ClN4O2/c1-5-26(17-8-6-16(7-9-17)25(3)4)19-13-15(22)12-18(14(19)2)21(28)24-11-10-20(23)27/h12-13,16-17H,5-11H2,1-4H3,(H2,23,27)(H,24,28). The van der Waals surface area contributed by atoms with Gasteiger partial charge in [0.25, 0.3) is 5.91 Å². The van der Waals surface area contributed by atoms with Gasteiger partial charge in [-0.25, -0.2) is 0 Å². The van der Waals surface area contributed by atoms with Crippen molar-refractivity contribution in [3.63, 3.8) is 0 Å². The highest BCUT2D eigenvalue weighted by Gasteiger charge is 2.28. The number of rotatable bonds is 8. The van der Waals surface area contributed by atoms with Gasteiger partial charge in [0, 0.05) is 47.9 Å². The maximum atomic E-state index is 12.6. The molecule has 3 N–H and O–H groups in total. The van der Waals surface area contributed by atoms with E-state index in [-0.39, 0.29) is 18.9 Å². The Morgan fingerprint density at radius 1 is 1.18 bits per heavy atom. The van der Waals surface area contributed by atoms with Gasteiger partial charge in [0.15, 0.2) is 0 Å². The lowest BCUT2D eigenvalue weighted by Gasteiger charge is -2.40. The molecule has 2 amide bonds. The van der Waals surface area contributed by atoms with Gasteiger partial charge in [-0.2, -0.15) is 0 Å². The Balaban J connectivity index is 2.20. The SMILES string of the molecule is CCN(c1cc(Cl)cc(C(=O)NCCC(N)=O)c1C)C1CCC(N(C)C)CC1. The van der Waals surface area contributed by atoms with Gasteiger partial charge in [-0.05, 0) is 71.3 Å². The van der Waals surface area contributed by atoms with Crippen LogP contribution >= 0.6 is 11.6 Å². The fraction of sp³-hybridized carbons (Fsp3) is 0.619. The van der Waals surface area contributed by atoms with Crippen LogP contribution in [0.1, 0.15) is 54.9 Å². The summed E-state index contributed by atoms with van der Waals surface area (Å²) in [4.78, 5) is 28.2. The van der Waals surface area contributed by atoms with E-state index in [0.717, 1.165) is 30.6 Å². The molecular formula is C21H33ClN4O2. The van der Waals surface area contributed by atoms with E-state index in [1.165, 1.54) is 12.8 Å². The normalized spacial score (nSPS) is 19.5. The minimum absolute atomic E-state index is 0.119. The summed E-state index contributed by atoms with van der Waals surface area (Å²) in [6, 6.07) is 4.74. The molecule has 1 saturated carbocycles. The molecule has 1 fully saturated rings. The number of halogens is 1. The zero-order chi connectivity index (χ0) is 20.8. The van der Waals surface area contributed by atoms with Crippen LogP contribution in [-0.2, 0) is 4.79 Å². The minimum Gasteiger partial charge on any atom is -0.370 e. The van der Waals surface area contributed by atoms with Crippen LogP contribution in [0.4, 0.5) is 5.69 Å². The maximum Gasteiger partial charge on any atom is 0.251 e. The van der Waals surface area contributed by atoms with Crippen LogP contribution in [0.15, 0.2) is 12.1 Å². The molecule has 0 aliphatic heterocycles. The van der Waals surface area contributed by atoms with E-state index in [0.29, 0.717) is 22.7 Å². The quantitative estimate of drug-likeness (QED) is 0.693. The molecule has 1 aromatic rings. The van der Waals surface area contributed by atoms with Gasteiger partial charge < -0.3 is 20.9 Å². The van der Waals surface area contributed by atoms with Crippen LogP contribution in [0, 0.1) is 6.92 Å². The Morgan fingerprint density at radius 3 is 2.32 bits per heavy atom. The number of primary amides is 1. The van der Waals surface area contributed by atoms with E-state index in [2.05, 4.69) is 36.1 Å². The van der Waals surface area contributed by atoms with Crippen molar-refractivity contribution in [2.24, 2.45) is 5.73 Å². The van der Waals surface area contributed by atoms with Crippen molar-refractivity contribution in [1.29, 1.82) is 0 Å². The number of nitrogens with one attached hydrogen (secondary N) is 1. The third-order valence-corrected chi connectivity index (χ3v) is 5.95. The Morgan fingerprint density at radius 2 is 1.79 bits per heavy atom. The van der Waals surface area contributed by atoms with Crippen LogP contribution < -0.4 is 16.0 Å². The molecule has 0 radical (unpaired) electrons. The van der Waals surface area contributed by atoms with Crippen molar-refractivity contribution >= 4 is 29.1 Å². The zero-order valence-corrected chi connectivity index (χ0v) is 18.2. The smallest absolute Gasteiger partial charge is 0.251 e. The summed E-state index contributed by atoms with van der Waals surface area (Å²) < 4.78 is 0. The van der Waals surface area contributed by atoms with Crippen molar-refractivity contribution in [3.8, 4) is 0 Å². The van der Waals surface area contributed by atoms with Crippen molar-refractivity contribution in [3.05, 3.63) is 28.3 Å². The first-order valence-electron chi connectivity index (χ1n) is 10.0. The van der Waals surface area contributed by atoms with Gasteiger partial charge in [-0.15, -0.1) is 0 Å². The van der Waals surface area contributed by atoms with Crippen molar-refractivity contribution in [2.75, 3.05) is 32.1 Å². The molecule has 0 unspecified atom stereocenters. The summed E-state index contributed by atoms with van der Waals surface area (Å²) in [5.41, 5.74) is 7.62. The maximum absolute atomic E-state index is 12.6. The summed E-state index contributed by atoms with van der Waals surface area (Å²) >= 11 is 6.37. The highest BCUT2D eigenvalue weighted by molar-refractivity contribution is 6.31. The molecule has 156 valence electrons. The first kappa shape index (κ1) is 22.5. The zero-order valence-electron chi connectivity index (χ0n) is 17.4. The van der Waals surface area contributed by atoms with Crippen LogP contribution in [0.2, 0.25) is 5.02 Å². The molecule has 0 atom stereocenters. The predicted molar refractivity (Wildman–Crippen MR) is 115 cm³/mol. The third-order valence-electron chi connectivity index (χ3n) is 5.73. The second-order valence-electron chi connectivity index (χ2n) is 7.78. The molecule has 0 saturated heterocycles. The molecule has 1 aromatic carbocycles. The molecule has 0 heterocycles. The number of hydrogen-bond donors (Lipinski definition) is 2. The molecular weight excluding hydrogens is 376 g/mol. The number of carbonyl (C=O) groups is 2. The topological polar surface area (TPSA) is 78.7 Å². The van der Waals surface area contributed by atoms with Gasteiger partial charge in [0.2, 0.25) is 5.91 Å². The monoisotopic (exact) mass is 408 g/mol. The lowest BCUT2D eigenvalue weighted by atomic mass is 9.89. The van der Waals surface area contributed by atoms with E-state index in [4.69, 9.17) is 17.3 Å². The fourth-order valence-electron chi connectivity index (χ4n) is 4.10. The first-order valence-corrected chi connectivity index (χ1v) is 10.4. The summed E-state index contributed by atoms with van der Waals surface area (Å²) in [6.07, 6.45) is 4.72. The number of nitrogens with zero attached hydrogens (tertiary/aromatic N) is 2. The lowest BCUT2D eigenvalue weighted by molar-refractivity contribution is -0.117. The van der Waals surface area contributed by atoms with Crippen LogP contribution in [0.25, 0.3) is 0 Å². The minimum atomic E-state index is -0.436. The Hall–Kier alpha value is -1.79. The van der Waals surface area contributed by atoms with E-state index in [9.17, 15) is 9.59 Å². The molecule has 0 spiro atoms. The number of amides is 2. The van der Waals surface area contributed by atoms with Crippen LogP contribution in [0.3, 0.4) is 0 Å². The average molecular weight is 409 g/mol. The summed E-state index contributed by atoms with van der Waals surface area (Å²) in [5, 5.41) is 3.30. The average Bonchev–Trinajstić information content (AvgIpc) is 2.64. The Labute approximate surface area is 173 Å². The molecule has 2 rings (SSSR count). The van der Waals surface area contributed by atoms with E-state index in [1.807, 2.05) is 13.0 Å². The largest absolute Gasteiger partial charge is 0.370 e. The first-order chi connectivity index (χ1) is 13.2. The number of carbonyl (C=O) groups excluding carboxylic acids is 2. The van der Waals surface area contributed by atoms with Crippen molar-refractivity contribution < 1.29 is 9.59 Å². The number of hydrogen-bond acceptors (Lipinski definition) is 4. The molecule has 0 aromatic heterocycles. The second kappa shape index (κ2) is 10.1. The van der Waals surface area contributed by atoms with Crippen molar-refractivity contribution in [1.82, 2.24) is 10.2 Å². The van der Waals surface area contributed by atoms with Crippen LogP contribution in [-0.4, -0.2) is 56.0 Å². The van der Waals surface area contributed by atoms with Gasteiger partial charge in [-0.3, -0.25) is 9.59 Å². The molecule has 28 heavy (non-hydrogen) atoms. The predicted octanol–water partition coefficient (Wildman–Crippen LogP) is 2.95. The van der Waals surface area contributed by atoms with Gasteiger partial charge in [0.1, 0.15) is 0 Å². The Kier molecular flexibility index (Phi) is 8.13. The van der Waals surface area contributed by atoms with Gasteiger partial charge in [0.05, 0.1) is 0 Å². The number of benzene rings is 1. The lowest BCUT2D eigenvalue weighted by Crippen LogP contribution is -2.42. The summed E-state index contributed by atoms with van der Waals surface area (Å²) in [7, 11) is 4.29. The third kappa shape index (κ3) is 5.61. The Bertz CT molecular complexity index is 700. The van der Waals surface area contributed by atoms with Gasteiger partial charge in [-0.1, -0.05) is 11.6 Å². The molecule has 1 aliphatic carbocycles. The molecule has 0 bridgehead atoms. The number of nitrogens with two attached hydrogens (primary N) is 1. The van der Waals surface area contributed by atoms with E-state index < -0.39 is 5.91 Å². The summed E-state index contributed by atoms with van der Waals surface area (Å²) in [6.45, 7) is 5.19. The molecule has 6 nitrogen and oxygen atoms in total. The van der Waals surface area contributed by atoms with E-state index >= 15 is 0 Å². The van der Waals surface area contributed by atoms with Crippen molar-refractivity contribution in [2.45, 2.75) is 58.0 Å². The highest BCUT2D eigenvalue weighted by atomic mass is 35.5. The molecule has 1 aliphatic rings. The number of anilines is 1. The van der Waals surface area contributed by atoms with E-state index in [1.54, 1.807) is 6.07 Å². The second-order valence-corrected chi connectivity index (χ2v) is 8.22. The van der Waals surface area contributed by atoms with Crippen LogP contribution in [0.5, 0.6) is 0 Å². The fourth-order valence-corrected chi connectivity index (χ4v) is 4.32. The van der Waals surface area contributed by atoms with Gasteiger partial charge >= 0.3 is 0 Å². The summed E-state index contributed by atoms with van der Waals surface area (Å²) in [5.74, 6) is -0.663. The molecule has 7 heteroatoms. The highest BCUT2D eigenvalue weighted by Crippen LogP contribution is 2.34.